The molecule has 15 heavy (non-hydrogen) atoms. The van der Waals surface area contributed by atoms with Crippen molar-refractivity contribution in [1.29, 1.82) is 0 Å². The Morgan fingerprint density at radius 2 is 1.33 bits per heavy atom. The van der Waals surface area contributed by atoms with Gasteiger partial charge in [-0.3, -0.25) is 0 Å². The first-order valence-corrected chi connectivity index (χ1v) is 6.24. The lowest BCUT2D eigenvalue weighted by Gasteiger charge is -2.25. The average Bonchev–Trinajstić information content (AvgIpc) is 2.82. The molecule has 4 heteroatoms. The molecule has 80 valence electrons. The normalized spacial score (nSPS) is 37.1. The molecule has 4 unspecified atom stereocenters. The topological polar surface area (TPSA) is 24.7 Å². The maximum absolute atomic E-state index is 4.60. The van der Waals surface area contributed by atoms with Crippen LogP contribution in [-0.4, -0.2) is 23.4 Å². The van der Waals surface area contributed by atoms with Gasteiger partial charge in [-0.1, -0.05) is 0 Å². The van der Waals surface area contributed by atoms with Crippen molar-refractivity contribution in [2.45, 2.75) is 19.3 Å². The first-order chi connectivity index (χ1) is 7.35. The Kier molecular flexibility index (Phi) is 3.76. The Morgan fingerprint density at radius 1 is 0.867 bits per heavy atom. The highest BCUT2D eigenvalue weighted by atomic mass is 32.1. The molecule has 0 saturated heterocycles. The largest absolute Gasteiger partial charge is 0.232 e. The molecule has 0 radical (unpaired) electrons. The van der Waals surface area contributed by atoms with Crippen LogP contribution >= 0.6 is 24.4 Å². The average molecular weight is 238 g/mol. The summed E-state index contributed by atoms with van der Waals surface area (Å²) in [5.41, 5.74) is 0. The third kappa shape index (κ3) is 2.40. The van der Waals surface area contributed by atoms with Gasteiger partial charge in [-0.05, 0) is 67.4 Å². The second-order valence-electron chi connectivity index (χ2n) is 4.61. The molecule has 0 N–H and O–H groups in total. The van der Waals surface area contributed by atoms with Crippen LogP contribution in [0, 0.1) is 23.7 Å². The minimum atomic E-state index is 0.748. The number of fused-ring (bicyclic) bond motifs is 2. The van der Waals surface area contributed by atoms with Crippen LogP contribution in [0.3, 0.4) is 0 Å². The fourth-order valence-corrected chi connectivity index (χ4v) is 3.42. The summed E-state index contributed by atoms with van der Waals surface area (Å²) in [6.45, 7) is 1.77. The highest BCUT2D eigenvalue weighted by Gasteiger charge is 2.45. The molecule has 2 rings (SSSR count). The molecule has 2 bridgehead atoms. The van der Waals surface area contributed by atoms with E-state index in [-0.39, 0.29) is 0 Å². The van der Waals surface area contributed by atoms with Gasteiger partial charge in [0.15, 0.2) is 0 Å². The molecular formula is C11H14N2S2. The summed E-state index contributed by atoms with van der Waals surface area (Å²) >= 11 is 9.20. The van der Waals surface area contributed by atoms with Crippen LogP contribution in [0.5, 0.6) is 0 Å². The van der Waals surface area contributed by atoms with Crippen LogP contribution in [0.15, 0.2) is 9.98 Å². The summed E-state index contributed by atoms with van der Waals surface area (Å²) in [6.07, 6.45) is 3.95. The van der Waals surface area contributed by atoms with E-state index in [0.29, 0.717) is 0 Å². The van der Waals surface area contributed by atoms with Gasteiger partial charge in [-0.2, -0.15) is 0 Å². The summed E-state index contributed by atoms with van der Waals surface area (Å²) in [7, 11) is 0. The van der Waals surface area contributed by atoms with Gasteiger partial charge in [0.25, 0.3) is 0 Å². The Hall–Kier alpha value is -0.400. The van der Waals surface area contributed by atoms with Crippen LogP contribution in [0.4, 0.5) is 0 Å². The molecule has 0 amide bonds. The van der Waals surface area contributed by atoms with E-state index in [0.717, 1.165) is 36.8 Å². The van der Waals surface area contributed by atoms with E-state index in [9.17, 15) is 0 Å². The molecule has 0 spiro atoms. The number of hydrogen-bond acceptors (Lipinski definition) is 4. The first kappa shape index (κ1) is 11.1. The number of isothiocyanates is 2. The van der Waals surface area contributed by atoms with Crippen molar-refractivity contribution in [3.8, 4) is 0 Å². The van der Waals surface area contributed by atoms with Crippen LogP contribution in [0.2, 0.25) is 0 Å². The fraction of sp³-hybridized carbons (Fsp3) is 0.818. The SMILES string of the molecule is S=C=NCC1CC2CC1CC2CN=C=S. The van der Waals surface area contributed by atoms with E-state index in [2.05, 4.69) is 44.7 Å². The van der Waals surface area contributed by atoms with E-state index in [1.807, 2.05) is 0 Å². The van der Waals surface area contributed by atoms with Crippen molar-refractivity contribution in [3.05, 3.63) is 0 Å². The molecule has 2 aliphatic carbocycles. The number of thiocarbonyl (C=S) groups is 2. The van der Waals surface area contributed by atoms with Crippen molar-refractivity contribution in [3.63, 3.8) is 0 Å². The lowest BCUT2D eigenvalue weighted by atomic mass is 9.82. The van der Waals surface area contributed by atoms with Gasteiger partial charge in [0.1, 0.15) is 0 Å². The van der Waals surface area contributed by atoms with Gasteiger partial charge >= 0.3 is 0 Å². The molecule has 0 aromatic heterocycles. The van der Waals surface area contributed by atoms with Gasteiger partial charge in [0.05, 0.1) is 23.4 Å². The molecule has 0 aromatic carbocycles. The van der Waals surface area contributed by atoms with E-state index in [4.69, 9.17) is 0 Å². The standard InChI is InChI=1S/C11H14N2S2/c14-6-12-4-10-2-8-1-9(10)3-11(8)5-13-7-15/h8-11H,1-5H2. The Bertz CT molecular complexity index is 297. The van der Waals surface area contributed by atoms with Crippen molar-refractivity contribution >= 4 is 34.8 Å². The maximum atomic E-state index is 4.60. The first-order valence-electron chi connectivity index (χ1n) is 5.42. The number of hydrogen-bond donors (Lipinski definition) is 0. The third-order valence-electron chi connectivity index (χ3n) is 3.93. The number of aliphatic imine (C=N–C) groups is 2. The van der Waals surface area contributed by atoms with Crippen molar-refractivity contribution < 1.29 is 0 Å². The van der Waals surface area contributed by atoms with E-state index in [1.54, 1.807) is 0 Å². The third-order valence-corrected chi connectivity index (χ3v) is 4.19. The molecule has 2 saturated carbocycles. The molecule has 0 heterocycles. The van der Waals surface area contributed by atoms with Crippen LogP contribution < -0.4 is 0 Å². The van der Waals surface area contributed by atoms with Gasteiger partial charge in [-0.15, -0.1) is 0 Å². The molecular weight excluding hydrogens is 224 g/mol. The van der Waals surface area contributed by atoms with Crippen molar-refractivity contribution in [2.24, 2.45) is 33.7 Å². The van der Waals surface area contributed by atoms with E-state index >= 15 is 0 Å². The summed E-state index contributed by atoms with van der Waals surface area (Å²) in [5.74, 6) is 3.18. The second-order valence-corrected chi connectivity index (χ2v) is 4.98. The van der Waals surface area contributed by atoms with Crippen molar-refractivity contribution in [1.82, 2.24) is 0 Å². The van der Waals surface area contributed by atoms with Gasteiger partial charge in [0, 0.05) is 0 Å². The molecule has 0 aliphatic heterocycles. The summed E-state index contributed by atoms with van der Waals surface area (Å²) in [5, 5.41) is 4.93. The van der Waals surface area contributed by atoms with Crippen LogP contribution in [0.1, 0.15) is 19.3 Å². The number of nitrogens with zero attached hydrogens (tertiary/aromatic N) is 2. The minimum absolute atomic E-state index is 0.748. The lowest BCUT2D eigenvalue weighted by Crippen LogP contribution is -2.21. The molecule has 2 fully saturated rings. The highest BCUT2D eigenvalue weighted by molar-refractivity contribution is 7.78. The summed E-state index contributed by atoms with van der Waals surface area (Å²) in [4.78, 5) is 8.14. The smallest absolute Gasteiger partial charge is 0.0585 e. The lowest BCUT2D eigenvalue weighted by molar-refractivity contribution is 0.268. The fourth-order valence-electron chi connectivity index (χ4n) is 3.27. The Labute approximate surface area is 101 Å². The Balaban J connectivity index is 1.88. The quantitative estimate of drug-likeness (QED) is 0.556. The molecule has 4 atom stereocenters. The molecule has 2 aliphatic rings. The van der Waals surface area contributed by atoms with Crippen LogP contribution in [0.25, 0.3) is 0 Å². The second kappa shape index (κ2) is 5.09. The maximum Gasteiger partial charge on any atom is 0.0585 e. The summed E-state index contributed by atoms with van der Waals surface area (Å²) in [6, 6.07) is 0. The zero-order valence-electron chi connectivity index (χ0n) is 8.56. The molecule has 2 nitrogen and oxygen atoms in total. The Morgan fingerprint density at radius 3 is 1.67 bits per heavy atom. The van der Waals surface area contributed by atoms with Crippen molar-refractivity contribution in [2.75, 3.05) is 13.1 Å². The predicted octanol–water partition coefficient (Wildman–Crippen LogP) is 2.85. The zero-order valence-corrected chi connectivity index (χ0v) is 10.2. The molecule has 0 aromatic rings. The summed E-state index contributed by atoms with van der Waals surface area (Å²) < 4.78 is 0. The van der Waals surface area contributed by atoms with Gasteiger partial charge < -0.3 is 0 Å². The van der Waals surface area contributed by atoms with E-state index in [1.165, 1.54) is 19.3 Å². The van der Waals surface area contributed by atoms with Crippen LogP contribution in [-0.2, 0) is 0 Å². The van der Waals surface area contributed by atoms with Gasteiger partial charge in [0.2, 0.25) is 0 Å². The minimum Gasteiger partial charge on any atom is -0.232 e. The van der Waals surface area contributed by atoms with Gasteiger partial charge in [-0.25, -0.2) is 9.98 Å². The highest BCUT2D eigenvalue weighted by Crippen LogP contribution is 2.51. The number of rotatable bonds is 4. The van der Waals surface area contributed by atoms with E-state index < -0.39 is 0 Å². The monoisotopic (exact) mass is 238 g/mol. The zero-order chi connectivity index (χ0) is 10.7. The predicted molar refractivity (Wildman–Crippen MR) is 67.6 cm³/mol.